The number of nitrogens with one attached hydrogen (secondary N) is 1. The molecule has 1 heterocycles. The van der Waals surface area contributed by atoms with Gasteiger partial charge in [0, 0.05) is 11.1 Å². The summed E-state index contributed by atoms with van der Waals surface area (Å²) >= 11 is 5.79. The minimum absolute atomic E-state index is 0.0167. The van der Waals surface area contributed by atoms with Gasteiger partial charge in [-0.1, -0.05) is 17.7 Å². The van der Waals surface area contributed by atoms with Crippen LogP contribution in [0.2, 0.25) is 5.15 Å². The predicted octanol–water partition coefficient (Wildman–Crippen LogP) is 2.28. The number of halogens is 1. The maximum atomic E-state index is 5.79. The Bertz CT molecular complexity index is 339. The van der Waals surface area contributed by atoms with E-state index in [1.54, 1.807) is 13.2 Å². The molecule has 0 aliphatic rings. The summed E-state index contributed by atoms with van der Waals surface area (Å²) in [6.45, 7) is 4.25. The molecule has 0 unspecified atom stereocenters. The Hall–Kier alpha value is -0.800. The average Bonchev–Trinajstić information content (AvgIpc) is 2.20. The molecule has 0 radical (unpaired) electrons. The Labute approximate surface area is 95.8 Å². The number of rotatable bonds is 4. The van der Waals surface area contributed by atoms with Crippen LogP contribution in [0.25, 0.3) is 0 Å². The van der Waals surface area contributed by atoms with Gasteiger partial charge in [-0.25, -0.2) is 4.98 Å². The fourth-order valence-electron chi connectivity index (χ4n) is 1.32. The molecular formula is C11H17ClN2O. The van der Waals surface area contributed by atoms with Crippen LogP contribution in [-0.4, -0.2) is 24.7 Å². The molecule has 0 aromatic carbocycles. The van der Waals surface area contributed by atoms with Gasteiger partial charge < -0.3 is 10.1 Å². The van der Waals surface area contributed by atoms with Crippen molar-refractivity contribution in [2.24, 2.45) is 0 Å². The van der Waals surface area contributed by atoms with Gasteiger partial charge in [-0.3, -0.25) is 0 Å². The van der Waals surface area contributed by atoms with E-state index in [1.807, 2.05) is 13.1 Å². The van der Waals surface area contributed by atoms with E-state index in [4.69, 9.17) is 16.3 Å². The van der Waals surface area contributed by atoms with E-state index in [9.17, 15) is 0 Å². The van der Waals surface area contributed by atoms with Gasteiger partial charge >= 0.3 is 0 Å². The lowest BCUT2D eigenvalue weighted by atomic mass is 9.96. The van der Waals surface area contributed by atoms with Gasteiger partial charge in [0.1, 0.15) is 5.15 Å². The number of hydrogen-bond donors (Lipinski definition) is 1. The molecule has 1 aromatic rings. The number of methoxy groups -OCH3 is 1. The van der Waals surface area contributed by atoms with Gasteiger partial charge in [-0.2, -0.15) is 0 Å². The first-order chi connectivity index (χ1) is 6.98. The van der Waals surface area contributed by atoms with Gasteiger partial charge in [0.05, 0.1) is 7.11 Å². The zero-order valence-corrected chi connectivity index (χ0v) is 10.4. The predicted molar refractivity (Wildman–Crippen MR) is 62.6 cm³/mol. The Morgan fingerprint density at radius 3 is 2.67 bits per heavy atom. The van der Waals surface area contributed by atoms with Crippen LogP contribution in [0.1, 0.15) is 19.4 Å². The molecule has 0 saturated heterocycles. The van der Waals surface area contributed by atoms with Crippen LogP contribution < -0.4 is 10.1 Å². The monoisotopic (exact) mass is 228 g/mol. The lowest BCUT2D eigenvalue weighted by molar-refractivity contribution is 0.374. The fourth-order valence-corrected chi connectivity index (χ4v) is 1.46. The molecule has 1 aromatic heterocycles. The van der Waals surface area contributed by atoms with Gasteiger partial charge in [0.25, 0.3) is 0 Å². The Kier molecular flexibility index (Phi) is 3.94. The van der Waals surface area contributed by atoms with E-state index in [1.165, 1.54) is 0 Å². The molecule has 3 nitrogen and oxygen atoms in total. The molecule has 84 valence electrons. The summed E-state index contributed by atoms with van der Waals surface area (Å²) in [6, 6.07) is 3.73. The highest BCUT2D eigenvalue weighted by Crippen LogP contribution is 2.22. The molecule has 0 fully saturated rings. The summed E-state index contributed by atoms with van der Waals surface area (Å²) in [5.41, 5.74) is 1.07. The average molecular weight is 229 g/mol. The molecule has 0 amide bonds. The van der Waals surface area contributed by atoms with Gasteiger partial charge in [0.15, 0.2) is 0 Å². The van der Waals surface area contributed by atoms with Crippen molar-refractivity contribution < 1.29 is 4.74 Å². The molecule has 0 atom stereocenters. The van der Waals surface area contributed by atoms with Crippen molar-refractivity contribution in [3.8, 4) is 5.88 Å². The zero-order valence-electron chi connectivity index (χ0n) is 9.60. The van der Waals surface area contributed by atoms with E-state index < -0.39 is 0 Å². The van der Waals surface area contributed by atoms with Crippen molar-refractivity contribution in [3.05, 3.63) is 22.8 Å². The maximum absolute atomic E-state index is 5.79. The minimum Gasteiger partial charge on any atom is -0.481 e. The second-order valence-electron chi connectivity index (χ2n) is 4.11. The third-order valence-corrected chi connectivity index (χ3v) is 2.62. The van der Waals surface area contributed by atoms with Crippen LogP contribution in [0.5, 0.6) is 5.88 Å². The van der Waals surface area contributed by atoms with Crippen molar-refractivity contribution in [2.45, 2.75) is 25.8 Å². The first-order valence-electron chi connectivity index (χ1n) is 4.87. The molecule has 0 aliphatic heterocycles. The highest BCUT2D eigenvalue weighted by Gasteiger charge is 2.18. The summed E-state index contributed by atoms with van der Waals surface area (Å²) in [7, 11) is 3.55. The first-order valence-corrected chi connectivity index (χ1v) is 5.24. The molecule has 4 heteroatoms. The summed E-state index contributed by atoms with van der Waals surface area (Å²) in [4.78, 5) is 4.13. The van der Waals surface area contributed by atoms with Gasteiger partial charge in [-0.05, 0) is 33.4 Å². The lowest BCUT2D eigenvalue weighted by Crippen LogP contribution is -2.38. The molecule has 15 heavy (non-hydrogen) atoms. The maximum Gasteiger partial charge on any atom is 0.217 e. The van der Waals surface area contributed by atoms with Crippen molar-refractivity contribution in [2.75, 3.05) is 14.2 Å². The van der Waals surface area contributed by atoms with Crippen LogP contribution in [0.4, 0.5) is 0 Å². The van der Waals surface area contributed by atoms with Gasteiger partial charge in [0.2, 0.25) is 5.88 Å². The second kappa shape index (κ2) is 4.81. The highest BCUT2D eigenvalue weighted by atomic mass is 35.5. The third-order valence-electron chi connectivity index (χ3n) is 2.41. The number of likely N-dealkylation sites (N-methyl/N-ethyl adjacent to an activating group) is 1. The highest BCUT2D eigenvalue weighted by molar-refractivity contribution is 6.29. The summed E-state index contributed by atoms with van der Waals surface area (Å²) in [6.07, 6.45) is 0.844. The number of ether oxygens (including phenoxy) is 1. The Morgan fingerprint density at radius 2 is 2.13 bits per heavy atom. The first kappa shape index (κ1) is 12.3. The second-order valence-corrected chi connectivity index (χ2v) is 4.50. The topological polar surface area (TPSA) is 34.2 Å². The molecule has 0 saturated carbocycles. The quantitative estimate of drug-likeness (QED) is 0.803. The number of nitrogens with zero attached hydrogens (tertiary/aromatic N) is 1. The van der Waals surface area contributed by atoms with Crippen LogP contribution in [0, 0.1) is 0 Å². The van der Waals surface area contributed by atoms with E-state index >= 15 is 0 Å². The van der Waals surface area contributed by atoms with E-state index in [-0.39, 0.29) is 5.54 Å². The Balaban J connectivity index is 2.94. The van der Waals surface area contributed by atoms with Crippen LogP contribution in [0.15, 0.2) is 12.1 Å². The standard InChI is InChI=1S/C11H17ClN2O/c1-11(2,13-3)7-8-5-6-9(12)14-10(8)15-4/h5-6,13H,7H2,1-4H3. The molecule has 0 spiro atoms. The minimum atomic E-state index is 0.0167. The van der Waals surface area contributed by atoms with E-state index in [0.717, 1.165) is 12.0 Å². The number of hydrogen-bond acceptors (Lipinski definition) is 3. The molecular weight excluding hydrogens is 212 g/mol. The van der Waals surface area contributed by atoms with E-state index in [2.05, 4.69) is 24.1 Å². The van der Waals surface area contributed by atoms with E-state index in [0.29, 0.717) is 11.0 Å². The third kappa shape index (κ3) is 3.36. The molecule has 1 rings (SSSR count). The van der Waals surface area contributed by atoms with Crippen LogP contribution in [0.3, 0.4) is 0 Å². The molecule has 0 aliphatic carbocycles. The SMILES string of the molecule is CNC(C)(C)Cc1ccc(Cl)nc1OC. The fraction of sp³-hybridized carbons (Fsp3) is 0.545. The number of pyridine rings is 1. The van der Waals surface area contributed by atoms with Crippen molar-refractivity contribution in [3.63, 3.8) is 0 Å². The smallest absolute Gasteiger partial charge is 0.217 e. The van der Waals surface area contributed by atoms with Crippen LogP contribution >= 0.6 is 11.6 Å². The summed E-state index contributed by atoms with van der Waals surface area (Å²) in [5.74, 6) is 0.603. The molecule has 0 bridgehead atoms. The lowest BCUT2D eigenvalue weighted by Gasteiger charge is -2.24. The zero-order chi connectivity index (χ0) is 11.5. The summed E-state index contributed by atoms with van der Waals surface area (Å²) < 4.78 is 5.19. The Morgan fingerprint density at radius 1 is 1.47 bits per heavy atom. The number of aromatic nitrogens is 1. The molecule has 1 N–H and O–H groups in total. The largest absolute Gasteiger partial charge is 0.481 e. The van der Waals surface area contributed by atoms with Crippen molar-refractivity contribution in [1.29, 1.82) is 0 Å². The van der Waals surface area contributed by atoms with Gasteiger partial charge in [-0.15, -0.1) is 0 Å². The van der Waals surface area contributed by atoms with Crippen molar-refractivity contribution >= 4 is 11.6 Å². The van der Waals surface area contributed by atoms with Crippen LogP contribution in [-0.2, 0) is 6.42 Å². The summed E-state index contributed by atoms with van der Waals surface area (Å²) in [5, 5.41) is 3.70. The normalized spacial score (nSPS) is 11.5. The van der Waals surface area contributed by atoms with Crippen molar-refractivity contribution in [1.82, 2.24) is 10.3 Å².